The predicted octanol–water partition coefficient (Wildman–Crippen LogP) is 1.11. The van der Waals surface area contributed by atoms with Gasteiger partial charge in [-0.1, -0.05) is 19.1 Å². The van der Waals surface area contributed by atoms with E-state index in [9.17, 15) is 4.79 Å². The number of benzene rings is 1. The molecule has 1 fully saturated rings. The lowest BCUT2D eigenvalue weighted by Gasteiger charge is -2.34. The van der Waals surface area contributed by atoms with Crippen molar-refractivity contribution >= 4 is 11.6 Å². The molecule has 1 heterocycles. The second kappa shape index (κ2) is 8.12. The van der Waals surface area contributed by atoms with Crippen LogP contribution in [0, 0.1) is 0 Å². The van der Waals surface area contributed by atoms with E-state index in [-0.39, 0.29) is 5.91 Å². The summed E-state index contributed by atoms with van der Waals surface area (Å²) >= 11 is 0. The maximum Gasteiger partial charge on any atom is 0.238 e. The van der Waals surface area contributed by atoms with Gasteiger partial charge < -0.3 is 16.0 Å². The van der Waals surface area contributed by atoms with E-state index in [1.54, 1.807) is 0 Å². The van der Waals surface area contributed by atoms with Gasteiger partial charge in [-0.25, -0.2) is 0 Å². The molecule has 0 radical (unpaired) electrons. The number of nitrogens with two attached hydrogens (primary N) is 1. The van der Waals surface area contributed by atoms with E-state index in [1.165, 1.54) is 6.42 Å². The van der Waals surface area contributed by atoms with Crippen LogP contribution in [0.1, 0.15) is 18.9 Å². The molecule has 5 nitrogen and oxygen atoms in total. The van der Waals surface area contributed by atoms with Crippen LogP contribution in [0.3, 0.4) is 0 Å². The SMILES string of the molecule is CCCN1CCN(CC(=O)Nc2ccc(CN)cc2)CC1. The fourth-order valence-corrected chi connectivity index (χ4v) is 2.62. The van der Waals surface area contributed by atoms with Gasteiger partial charge in [0.05, 0.1) is 6.54 Å². The Kier molecular flexibility index (Phi) is 6.17. The first kappa shape index (κ1) is 15.9. The summed E-state index contributed by atoms with van der Waals surface area (Å²) in [5.74, 6) is 0.0550. The van der Waals surface area contributed by atoms with E-state index in [0.717, 1.165) is 44.0 Å². The fraction of sp³-hybridized carbons (Fsp3) is 0.562. The molecule has 1 amide bonds. The third-order valence-corrected chi connectivity index (χ3v) is 3.85. The van der Waals surface area contributed by atoms with Crippen molar-refractivity contribution in [2.24, 2.45) is 5.73 Å². The maximum atomic E-state index is 12.1. The average Bonchev–Trinajstić information content (AvgIpc) is 2.50. The Bertz CT molecular complexity index is 438. The maximum absolute atomic E-state index is 12.1. The third kappa shape index (κ3) is 5.12. The van der Waals surface area contributed by atoms with Crippen LogP contribution in [0.5, 0.6) is 0 Å². The Morgan fingerprint density at radius 3 is 2.33 bits per heavy atom. The van der Waals surface area contributed by atoms with E-state index in [0.29, 0.717) is 13.1 Å². The normalized spacial score (nSPS) is 16.9. The summed E-state index contributed by atoms with van der Waals surface area (Å²) in [5, 5.41) is 2.94. The molecule has 1 saturated heterocycles. The molecule has 0 saturated carbocycles. The Labute approximate surface area is 127 Å². The number of carbonyl (C=O) groups excluding carboxylic acids is 1. The zero-order valence-corrected chi connectivity index (χ0v) is 12.8. The van der Waals surface area contributed by atoms with Crippen molar-refractivity contribution in [1.29, 1.82) is 0 Å². The smallest absolute Gasteiger partial charge is 0.238 e. The molecular weight excluding hydrogens is 264 g/mol. The lowest BCUT2D eigenvalue weighted by molar-refractivity contribution is -0.117. The molecular formula is C16H26N4O. The Hall–Kier alpha value is -1.43. The molecule has 21 heavy (non-hydrogen) atoms. The van der Waals surface area contributed by atoms with Crippen molar-refractivity contribution in [3.05, 3.63) is 29.8 Å². The number of amides is 1. The molecule has 5 heteroatoms. The minimum atomic E-state index is 0.0550. The van der Waals surface area contributed by atoms with Crippen molar-refractivity contribution < 1.29 is 4.79 Å². The topological polar surface area (TPSA) is 61.6 Å². The molecule has 0 aromatic heterocycles. The summed E-state index contributed by atoms with van der Waals surface area (Å²) in [7, 11) is 0. The van der Waals surface area contributed by atoms with Gasteiger partial charge in [-0.05, 0) is 30.7 Å². The number of rotatable bonds is 6. The summed E-state index contributed by atoms with van der Waals surface area (Å²) in [6.45, 7) is 8.43. The van der Waals surface area contributed by atoms with Gasteiger partial charge >= 0.3 is 0 Å². The lowest BCUT2D eigenvalue weighted by atomic mass is 10.2. The molecule has 1 aliphatic heterocycles. The molecule has 116 valence electrons. The van der Waals surface area contributed by atoms with Gasteiger partial charge in [-0.3, -0.25) is 9.69 Å². The van der Waals surface area contributed by atoms with E-state index in [1.807, 2.05) is 24.3 Å². The van der Waals surface area contributed by atoms with Crippen LogP contribution in [0.2, 0.25) is 0 Å². The van der Waals surface area contributed by atoms with Crippen molar-refractivity contribution in [3.8, 4) is 0 Å². The molecule has 0 bridgehead atoms. The van der Waals surface area contributed by atoms with E-state index >= 15 is 0 Å². The van der Waals surface area contributed by atoms with E-state index in [2.05, 4.69) is 22.0 Å². The standard InChI is InChI=1S/C16H26N4O/c1-2-7-19-8-10-20(11-9-19)13-16(21)18-15-5-3-14(12-17)4-6-15/h3-6H,2,7-13,17H2,1H3,(H,18,21). The van der Waals surface area contributed by atoms with Crippen LogP contribution in [0.15, 0.2) is 24.3 Å². The average molecular weight is 290 g/mol. The first-order chi connectivity index (χ1) is 10.2. The number of hydrogen-bond donors (Lipinski definition) is 2. The van der Waals surface area contributed by atoms with Crippen molar-refractivity contribution in [3.63, 3.8) is 0 Å². The zero-order valence-electron chi connectivity index (χ0n) is 12.8. The summed E-state index contributed by atoms with van der Waals surface area (Å²) in [6, 6.07) is 7.69. The molecule has 0 atom stereocenters. The van der Waals surface area contributed by atoms with Gasteiger partial charge in [0.1, 0.15) is 0 Å². The summed E-state index contributed by atoms with van der Waals surface area (Å²) < 4.78 is 0. The highest BCUT2D eigenvalue weighted by atomic mass is 16.2. The van der Waals surface area contributed by atoms with Crippen LogP contribution < -0.4 is 11.1 Å². The fourth-order valence-electron chi connectivity index (χ4n) is 2.62. The van der Waals surface area contributed by atoms with Crippen molar-refractivity contribution in [2.45, 2.75) is 19.9 Å². The van der Waals surface area contributed by atoms with Crippen LogP contribution in [-0.4, -0.2) is 55.0 Å². The van der Waals surface area contributed by atoms with Crippen LogP contribution in [-0.2, 0) is 11.3 Å². The minimum absolute atomic E-state index is 0.0550. The molecule has 1 aliphatic rings. The summed E-state index contributed by atoms with van der Waals surface area (Å²) in [4.78, 5) is 16.7. The predicted molar refractivity (Wildman–Crippen MR) is 86.1 cm³/mol. The highest BCUT2D eigenvalue weighted by Crippen LogP contribution is 2.09. The lowest BCUT2D eigenvalue weighted by Crippen LogP contribution is -2.48. The van der Waals surface area contributed by atoms with Crippen LogP contribution >= 0.6 is 0 Å². The van der Waals surface area contributed by atoms with Gasteiger partial charge in [0.25, 0.3) is 0 Å². The van der Waals surface area contributed by atoms with Gasteiger partial charge in [0.15, 0.2) is 0 Å². The molecule has 1 aromatic carbocycles. The van der Waals surface area contributed by atoms with Gasteiger partial charge in [0, 0.05) is 38.4 Å². The third-order valence-electron chi connectivity index (χ3n) is 3.85. The second-order valence-corrected chi connectivity index (χ2v) is 5.57. The second-order valence-electron chi connectivity index (χ2n) is 5.57. The highest BCUT2D eigenvalue weighted by Gasteiger charge is 2.18. The quantitative estimate of drug-likeness (QED) is 0.824. The first-order valence-corrected chi connectivity index (χ1v) is 7.75. The Balaban J connectivity index is 1.74. The number of hydrogen-bond acceptors (Lipinski definition) is 4. The van der Waals surface area contributed by atoms with Crippen LogP contribution in [0.25, 0.3) is 0 Å². The monoisotopic (exact) mass is 290 g/mol. The Morgan fingerprint density at radius 2 is 1.76 bits per heavy atom. The summed E-state index contributed by atoms with van der Waals surface area (Å²) in [6.07, 6.45) is 1.19. The number of anilines is 1. The summed E-state index contributed by atoms with van der Waals surface area (Å²) in [5.41, 5.74) is 7.46. The molecule has 0 aliphatic carbocycles. The van der Waals surface area contributed by atoms with E-state index in [4.69, 9.17) is 5.73 Å². The van der Waals surface area contributed by atoms with E-state index < -0.39 is 0 Å². The molecule has 0 unspecified atom stereocenters. The van der Waals surface area contributed by atoms with Crippen molar-refractivity contribution in [2.75, 3.05) is 44.6 Å². The molecule has 1 aromatic rings. The Morgan fingerprint density at radius 1 is 1.14 bits per heavy atom. The molecule has 2 rings (SSSR count). The minimum Gasteiger partial charge on any atom is -0.326 e. The number of piperazine rings is 1. The van der Waals surface area contributed by atoms with Crippen molar-refractivity contribution in [1.82, 2.24) is 9.80 Å². The first-order valence-electron chi connectivity index (χ1n) is 7.75. The van der Waals surface area contributed by atoms with Gasteiger partial charge in [0.2, 0.25) is 5.91 Å². The number of nitrogens with one attached hydrogen (secondary N) is 1. The molecule has 0 spiro atoms. The van der Waals surface area contributed by atoms with Gasteiger partial charge in [-0.2, -0.15) is 0 Å². The number of carbonyl (C=O) groups is 1. The zero-order chi connectivity index (χ0) is 15.1. The largest absolute Gasteiger partial charge is 0.326 e. The molecule has 3 N–H and O–H groups in total. The number of nitrogens with zero attached hydrogens (tertiary/aromatic N) is 2. The highest BCUT2D eigenvalue weighted by molar-refractivity contribution is 5.92. The van der Waals surface area contributed by atoms with Crippen LogP contribution in [0.4, 0.5) is 5.69 Å². The van der Waals surface area contributed by atoms with Gasteiger partial charge in [-0.15, -0.1) is 0 Å².